The van der Waals surface area contributed by atoms with Crippen molar-refractivity contribution in [3.63, 3.8) is 0 Å². The van der Waals surface area contributed by atoms with Gasteiger partial charge in [-0.2, -0.15) is 5.10 Å². The predicted molar refractivity (Wildman–Crippen MR) is 107 cm³/mol. The zero-order valence-corrected chi connectivity index (χ0v) is 15.4. The molecule has 0 spiro atoms. The van der Waals surface area contributed by atoms with Crippen LogP contribution in [-0.4, -0.2) is 52.7 Å². The first kappa shape index (κ1) is 17.8. The summed E-state index contributed by atoms with van der Waals surface area (Å²) in [4.78, 5) is 28.4. The molecule has 1 saturated heterocycles. The minimum atomic E-state index is -0.440. The first-order chi connectivity index (χ1) is 13.6. The summed E-state index contributed by atoms with van der Waals surface area (Å²) in [5.41, 5.74) is 8.21. The molecular formula is C21H21N5O2. The summed E-state index contributed by atoms with van der Waals surface area (Å²) in [5, 5.41) is 4.31. The number of piperazine rings is 1. The van der Waals surface area contributed by atoms with Crippen LogP contribution in [0.4, 0.5) is 5.69 Å². The monoisotopic (exact) mass is 375 g/mol. The summed E-state index contributed by atoms with van der Waals surface area (Å²) in [6.07, 6.45) is 1.64. The number of anilines is 1. The highest BCUT2D eigenvalue weighted by Crippen LogP contribution is 2.19. The molecule has 2 aromatic carbocycles. The number of nitrogens with two attached hydrogens (primary N) is 1. The second kappa shape index (κ2) is 7.56. The van der Waals surface area contributed by atoms with E-state index in [0.29, 0.717) is 37.4 Å². The maximum absolute atomic E-state index is 13.0. The Hall–Kier alpha value is -3.61. The Bertz CT molecular complexity index is 991. The van der Waals surface area contributed by atoms with Crippen molar-refractivity contribution >= 4 is 17.5 Å². The van der Waals surface area contributed by atoms with Crippen molar-refractivity contribution in [2.45, 2.75) is 0 Å². The molecule has 1 aliphatic heterocycles. The third kappa shape index (κ3) is 3.46. The standard InChI is InChI=1S/C21H21N5O2/c22-20(27)16-5-4-8-18(15-16)24-11-13-25(14-12-24)21(28)19-9-10-23-26(19)17-6-2-1-3-7-17/h1-10,15H,11-14H2,(H2,22,27). The summed E-state index contributed by atoms with van der Waals surface area (Å²) in [6.45, 7) is 2.57. The van der Waals surface area contributed by atoms with Crippen LogP contribution in [0.2, 0.25) is 0 Å². The minimum Gasteiger partial charge on any atom is -0.368 e. The highest BCUT2D eigenvalue weighted by atomic mass is 16.2. The highest BCUT2D eigenvalue weighted by molar-refractivity contribution is 5.94. The van der Waals surface area contributed by atoms with Crippen LogP contribution in [0, 0.1) is 0 Å². The molecule has 1 aromatic heterocycles. The second-order valence-electron chi connectivity index (χ2n) is 6.66. The van der Waals surface area contributed by atoms with Crippen molar-refractivity contribution in [1.82, 2.24) is 14.7 Å². The summed E-state index contributed by atoms with van der Waals surface area (Å²) >= 11 is 0. The molecule has 7 nitrogen and oxygen atoms in total. The van der Waals surface area contributed by atoms with E-state index in [1.54, 1.807) is 29.1 Å². The fourth-order valence-electron chi connectivity index (χ4n) is 3.43. The number of para-hydroxylation sites is 1. The van der Waals surface area contributed by atoms with E-state index in [2.05, 4.69) is 10.00 Å². The number of rotatable bonds is 4. The lowest BCUT2D eigenvalue weighted by Gasteiger charge is -2.36. The average molecular weight is 375 g/mol. The van der Waals surface area contributed by atoms with Gasteiger partial charge in [-0.3, -0.25) is 9.59 Å². The van der Waals surface area contributed by atoms with Gasteiger partial charge in [-0.1, -0.05) is 24.3 Å². The Morgan fingerprint density at radius 3 is 2.29 bits per heavy atom. The van der Waals surface area contributed by atoms with Crippen LogP contribution in [-0.2, 0) is 0 Å². The van der Waals surface area contributed by atoms with Gasteiger partial charge < -0.3 is 15.5 Å². The van der Waals surface area contributed by atoms with E-state index in [1.165, 1.54) is 0 Å². The maximum atomic E-state index is 13.0. The molecule has 0 saturated carbocycles. The maximum Gasteiger partial charge on any atom is 0.272 e. The SMILES string of the molecule is NC(=O)c1cccc(N2CCN(C(=O)c3ccnn3-c3ccccc3)CC2)c1. The van der Waals surface area contributed by atoms with Crippen LogP contribution in [0.25, 0.3) is 5.69 Å². The minimum absolute atomic E-state index is 0.0353. The molecule has 142 valence electrons. The van der Waals surface area contributed by atoms with Gasteiger partial charge in [-0.05, 0) is 36.4 Å². The molecule has 0 bridgehead atoms. The summed E-state index contributed by atoms with van der Waals surface area (Å²) in [7, 11) is 0. The first-order valence-electron chi connectivity index (χ1n) is 9.17. The Morgan fingerprint density at radius 2 is 1.57 bits per heavy atom. The number of carbonyl (C=O) groups is 2. The Morgan fingerprint density at radius 1 is 0.857 bits per heavy atom. The molecule has 1 fully saturated rings. The molecule has 2 heterocycles. The average Bonchev–Trinajstić information content (AvgIpc) is 3.24. The van der Waals surface area contributed by atoms with Gasteiger partial charge in [-0.25, -0.2) is 4.68 Å². The fraction of sp³-hybridized carbons (Fsp3) is 0.190. The van der Waals surface area contributed by atoms with Gasteiger partial charge in [0.05, 0.1) is 11.9 Å². The van der Waals surface area contributed by atoms with E-state index >= 15 is 0 Å². The molecule has 0 atom stereocenters. The van der Waals surface area contributed by atoms with Crippen molar-refractivity contribution in [3.8, 4) is 5.69 Å². The topological polar surface area (TPSA) is 84.5 Å². The van der Waals surface area contributed by atoms with E-state index in [4.69, 9.17) is 5.73 Å². The molecule has 2 N–H and O–H groups in total. The fourth-order valence-corrected chi connectivity index (χ4v) is 3.43. The number of hydrogen-bond donors (Lipinski definition) is 1. The zero-order valence-electron chi connectivity index (χ0n) is 15.4. The summed E-state index contributed by atoms with van der Waals surface area (Å²) in [5.74, 6) is -0.475. The Kier molecular flexibility index (Phi) is 4.80. The molecule has 3 aromatic rings. The van der Waals surface area contributed by atoms with Crippen LogP contribution < -0.4 is 10.6 Å². The number of aromatic nitrogens is 2. The van der Waals surface area contributed by atoms with Gasteiger partial charge in [0.25, 0.3) is 5.91 Å². The van der Waals surface area contributed by atoms with E-state index in [-0.39, 0.29) is 5.91 Å². The van der Waals surface area contributed by atoms with Crippen LogP contribution in [0.5, 0.6) is 0 Å². The molecule has 0 aliphatic carbocycles. The third-order valence-electron chi connectivity index (χ3n) is 4.93. The number of primary amides is 1. The van der Waals surface area contributed by atoms with Gasteiger partial charge in [0.2, 0.25) is 5.91 Å². The van der Waals surface area contributed by atoms with Gasteiger partial charge in [0, 0.05) is 37.4 Å². The largest absolute Gasteiger partial charge is 0.368 e. The molecule has 0 radical (unpaired) electrons. The van der Waals surface area contributed by atoms with E-state index in [0.717, 1.165) is 11.4 Å². The van der Waals surface area contributed by atoms with Crippen LogP contribution in [0.15, 0.2) is 66.9 Å². The number of carbonyl (C=O) groups excluding carboxylic acids is 2. The zero-order chi connectivity index (χ0) is 19.5. The van der Waals surface area contributed by atoms with E-state index in [1.807, 2.05) is 47.4 Å². The predicted octanol–water partition coefficient (Wildman–Crippen LogP) is 1.93. The highest BCUT2D eigenvalue weighted by Gasteiger charge is 2.25. The van der Waals surface area contributed by atoms with Gasteiger partial charge in [0.1, 0.15) is 5.69 Å². The first-order valence-corrected chi connectivity index (χ1v) is 9.17. The molecular weight excluding hydrogens is 354 g/mol. The quantitative estimate of drug-likeness (QED) is 0.755. The van der Waals surface area contributed by atoms with Crippen molar-refractivity contribution in [1.29, 1.82) is 0 Å². The lowest BCUT2D eigenvalue weighted by molar-refractivity contribution is 0.0737. The van der Waals surface area contributed by atoms with Crippen LogP contribution in [0.1, 0.15) is 20.8 Å². The second-order valence-corrected chi connectivity index (χ2v) is 6.66. The summed E-state index contributed by atoms with van der Waals surface area (Å²) < 4.78 is 1.67. The van der Waals surface area contributed by atoms with E-state index < -0.39 is 5.91 Å². The molecule has 0 unspecified atom stereocenters. The van der Waals surface area contributed by atoms with Crippen LogP contribution in [0.3, 0.4) is 0 Å². The molecule has 7 heteroatoms. The molecule has 1 aliphatic rings. The van der Waals surface area contributed by atoms with Gasteiger partial charge in [-0.15, -0.1) is 0 Å². The summed E-state index contributed by atoms with van der Waals surface area (Å²) in [6, 6.07) is 18.6. The number of amides is 2. The molecule has 2 amide bonds. The van der Waals surface area contributed by atoms with Crippen LogP contribution >= 0.6 is 0 Å². The third-order valence-corrected chi connectivity index (χ3v) is 4.93. The number of nitrogens with zero attached hydrogens (tertiary/aromatic N) is 4. The number of hydrogen-bond acceptors (Lipinski definition) is 4. The Labute approximate surface area is 163 Å². The molecule has 28 heavy (non-hydrogen) atoms. The van der Waals surface area contributed by atoms with Crippen molar-refractivity contribution in [3.05, 3.63) is 78.1 Å². The van der Waals surface area contributed by atoms with Gasteiger partial charge >= 0.3 is 0 Å². The lowest BCUT2D eigenvalue weighted by atomic mass is 10.1. The van der Waals surface area contributed by atoms with Gasteiger partial charge in [0.15, 0.2) is 0 Å². The van der Waals surface area contributed by atoms with E-state index in [9.17, 15) is 9.59 Å². The normalized spacial score (nSPS) is 14.1. The van der Waals surface area contributed by atoms with Crippen molar-refractivity contribution < 1.29 is 9.59 Å². The lowest BCUT2D eigenvalue weighted by Crippen LogP contribution is -2.49. The number of benzene rings is 2. The molecule has 4 rings (SSSR count). The van der Waals surface area contributed by atoms with Crippen molar-refractivity contribution in [2.75, 3.05) is 31.1 Å². The Balaban J connectivity index is 1.46. The van der Waals surface area contributed by atoms with Crippen molar-refractivity contribution in [2.24, 2.45) is 5.73 Å². The smallest absolute Gasteiger partial charge is 0.272 e.